The summed E-state index contributed by atoms with van der Waals surface area (Å²) in [7, 11) is 3.70. The number of amides is 1. The van der Waals surface area contributed by atoms with Gasteiger partial charge in [0, 0.05) is 31.9 Å². The summed E-state index contributed by atoms with van der Waals surface area (Å²) in [5, 5.41) is 4.07. The molecule has 2 rings (SSSR count). The summed E-state index contributed by atoms with van der Waals surface area (Å²) in [6, 6.07) is -0.269. The van der Waals surface area contributed by atoms with Crippen LogP contribution in [-0.2, 0) is 11.8 Å². The minimum atomic E-state index is -0.601. The largest absolute Gasteiger partial charge is 0.341 e. The van der Waals surface area contributed by atoms with Crippen LogP contribution in [0.2, 0.25) is 0 Å². The van der Waals surface area contributed by atoms with E-state index in [4.69, 9.17) is 5.73 Å². The third kappa shape index (κ3) is 3.15. The number of aryl methyl sites for hydroxylation is 1. The SMILES string of the molecule is CC1CCCC(N(C)C(=O)C(N)c2cnn(C)c2)C1. The highest BCUT2D eigenvalue weighted by Crippen LogP contribution is 2.27. The van der Waals surface area contributed by atoms with E-state index < -0.39 is 6.04 Å². The summed E-state index contributed by atoms with van der Waals surface area (Å²) < 4.78 is 1.67. The third-order valence-electron chi connectivity index (χ3n) is 4.15. The Bertz CT molecular complexity index is 442. The maximum Gasteiger partial charge on any atom is 0.244 e. The monoisotopic (exact) mass is 264 g/mol. The van der Waals surface area contributed by atoms with Crippen LogP contribution in [-0.4, -0.2) is 33.7 Å². The zero-order chi connectivity index (χ0) is 14.0. The number of likely N-dealkylation sites (N-methyl/N-ethyl adjacent to an activating group) is 1. The van der Waals surface area contributed by atoms with E-state index >= 15 is 0 Å². The van der Waals surface area contributed by atoms with Crippen LogP contribution in [0, 0.1) is 5.92 Å². The van der Waals surface area contributed by atoms with Gasteiger partial charge in [-0.1, -0.05) is 19.8 Å². The molecule has 0 spiro atoms. The number of nitrogens with zero attached hydrogens (tertiary/aromatic N) is 3. The minimum absolute atomic E-state index is 0.00731. The van der Waals surface area contributed by atoms with Crippen LogP contribution < -0.4 is 5.73 Å². The maximum absolute atomic E-state index is 12.4. The van der Waals surface area contributed by atoms with Crippen molar-refractivity contribution in [2.24, 2.45) is 18.7 Å². The first kappa shape index (κ1) is 14.1. The smallest absolute Gasteiger partial charge is 0.244 e. The summed E-state index contributed by atoms with van der Waals surface area (Å²) in [4.78, 5) is 14.3. The maximum atomic E-state index is 12.4. The normalized spacial score (nSPS) is 25.1. The van der Waals surface area contributed by atoms with Gasteiger partial charge in [0.2, 0.25) is 5.91 Å². The van der Waals surface area contributed by atoms with Crippen molar-refractivity contribution in [3.63, 3.8) is 0 Å². The van der Waals surface area contributed by atoms with Gasteiger partial charge >= 0.3 is 0 Å². The molecule has 1 fully saturated rings. The highest BCUT2D eigenvalue weighted by Gasteiger charge is 2.29. The van der Waals surface area contributed by atoms with Crippen molar-refractivity contribution >= 4 is 5.91 Å². The number of nitrogens with two attached hydrogens (primary N) is 1. The van der Waals surface area contributed by atoms with E-state index in [0.717, 1.165) is 18.4 Å². The summed E-state index contributed by atoms with van der Waals surface area (Å²) in [6.07, 6.45) is 8.12. The van der Waals surface area contributed by atoms with Crippen LogP contribution >= 0.6 is 0 Å². The van der Waals surface area contributed by atoms with Gasteiger partial charge in [0.15, 0.2) is 0 Å². The van der Waals surface area contributed by atoms with Crippen molar-refractivity contribution in [1.29, 1.82) is 0 Å². The van der Waals surface area contributed by atoms with Crippen LogP contribution in [0.3, 0.4) is 0 Å². The topological polar surface area (TPSA) is 64.2 Å². The molecular formula is C14H24N4O. The Morgan fingerprint density at radius 3 is 2.89 bits per heavy atom. The molecule has 106 valence electrons. The fourth-order valence-electron chi connectivity index (χ4n) is 2.90. The van der Waals surface area contributed by atoms with Crippen molar-refractivity contribution in [3.8, 4) is 0 Å². The molecule has 0 radical (unpaired) electrons. The van der Waals surface area contributed by atoms with Gasteiger partial charge in [-0.05, 0) is 18.8 Å². The van der Waals surface area contributed by atoms with E-state index in [1.807, 2.05) is 19.0 Å². The van der Waals surface area contributed by atoms with Gasteiger partial charge in [-0.25, -0.2) is 0 Å². The van der Waals surface area contributed by atoms with Crippen molar-refractivity contribution < 1.29 is 4.79 Å². The summed E-state index contributed by atoms with van der Waals surface area (Å²) in [5.74, 6) is 0.690. The second-order valence-electron chi connectivity index (χ2n) is 5.80. The summed E-state index contributed by atoms with van der Waals surface area (Å²) >= 11 is 0. The first-order valence-electron chi connectivity index (χ1n) is 7.00. The zero-order valence-corrected chi connectivity index (χ0v) is 12.0. The van der Waals surface area contributed by atoms with Gasteiger partial charge in [-0.3, -0.25) is 9.48 Å². The van der Waals surface area contributed by atoms with E-state index in [-0.39, 0.29) is 5.91 Å². The number of aromatic nitrogens is 2. The molecule has 1 saturated carbocycles. The van der Waals surface area contributed by atoms with Crippen molar-refractivity contribution in [2.75, 3.05) is 7.05 Å². The van der Waals surface area contributed by atoms with Crippen LogP contribution in [0.5, 0.6) is 0 Å². The fraction of sp³-hybridized carbons (Fsp3) is 0.714. The predicted molar refractivity (Wildman–Crippen MR) is 74.3 cm³/mol. The molecule has 0 aromatic carbocycles. The number of carbonyl (C=O) groups excluding carboxylic acids is 1. The standard InChI is InChI=1S/C14H24N4O/c1-10-5-4-6-12(7-10)18(3)14(19)13(15)11-8-16-17(2)9-11/h8-10,12-13H,4-7,15H2,1-3H3. The Balaban J connectivity index is 2.02. The van der Waals surface area contributed by atoms with Gasteiger partial charge < -0.3 is 10.6 Å². The molecule has 3 unspecified atom stereocenters. The zero-order valence-electron chi connectivity index (χ0n) is 12.0. The predicted octanol–water partition coefficient (Wildman–Crippen LogP) is 1.46. The lowest BCUT2D eigenvalue weighted by Gasteiger charge is -2.35. The van der Waals surface area contributed by atoms with E-state index in [2.05, 4.69) is 12.0 Å². The molecule has 1 aliphatic rings. The molecule has 19 heavy (non-hydrogen) atoms. The lowest BCUT2D eigenvalue weighted by Crippen LogP contribution is -2.44. The highest BCUT2D eigenvalue weighted by molar-refractivity contribution is 5.83. The number of hydrogen-bond donors (Lipinski definition) is 1. The Kier molecular flexibility index (Phi) is 4.24. The number of hydrogen-bond acceptors (Lipinski definition) is 3. The second-order valence-corrected chi connectivity index (χ2v) is 5.80. The fourth-order valence-corrected chi connectivity index (χ4v) is 2.90. The molecule has 0 saturated heterocycles. The molecule has 1 amide bonds. The molecule has 1 heterocycles. The van der Waals surface area contributed by atoms with Crippen molar-refractivity contribution in [3.05, 3.63) is 18.0 Å². The molecule has 3 atom stereocenters. The number of rotatable bonds is 3. The Labute approximate surface area is 114 Å². The minimum Gasteiger partial charge on any atom is -0.341 e. The Morgan fingerprint density at radius 2 is 2.32 bits per heavy atom. The quantitative estimate of drug-likeness (QED) is 0.899. The third-order valence-corrected chi connectivity index (χ3v) is 4.15. The molecule has 0 bridgehead atoms. The lowest BCUT2D eigenvalue weighted by molar-refractivity contribution is -0.134. The van der Waals surface area contributed by atoms with E-state index in [1.165, 1.54) is 12.8 Å². The average molecular weight is 264 g/mol. The van der Waals surface area contributed by atoms with Crippen molar-refractivity contribution in [2.45, 2.75) is 44.7 Å². The van der Waals surface area contributed by atoms with Crippen LogP contribution in [0.1, 0.15) is 44.2 Å². The first-order valence-corrected chi connectivity index (χ1v) is 7.00. The Hall–Kier alpha value is -1.36. The van der Waals surface area contributed by atoms with E-state index in [0.29, 0.717) is 12.0 Å². The van der Waals surface area contributed by atoms with Crippen LogP contribution in [0.4, 0.5) is 0 Å². The molecule has 0 aliphatic heterocycles. The van der Waals surface area contributed by atoms with Gasteiger partial charge in [-0.2, -0.15) is 5.10 Å². The molecule has 5 nitrogen and oxygen atoms in total. The molecule has 5 heteroatoms. The van der Waals surface area contributed by atoms with Gasteiger partial charge in [0.05, 0.1) is 6.20 Å². The Morgan fingerprint density at radius 1 is 1.58 bits per heavy atom. The highest BCUT2D eigenvalue weighted by atomic mass is 16.2. The molecular weight excluding hydrogens is 240 g/mol. The second kappa shape index (κ2) is 5.74. The average Bonchev–Trinajstić information content (AvgIpc) is 2.83. The van der Waals surface area contributed by atoms with E-state index in [1.54, 1.807) is 17.1 Å². The molecule has 2 N–H and O–H groups in total. The summed E-state index contributed by atoms with van der Waals surface area (Å²) in [6.45, 7) is 2.26. The van der Waals surface area contributed by atoms with Gasteiger partial charge in [0.25, 0.3) is 0 Å². The first-order chi connectivity index (χ1) is 8.99. The number of carbonyl (C=O) groups is 1. The van der Waals surface area contributed by atoms with Crippen molar-refractivity contribution in [1.82, 2.24) is 14.7 Å². The van der Waals surface area contributed by atoms with Gasteiger partial charge in [0.1, 0.15) is 6.04 Å². The lowest BCUT2D eigenvalue weighted by atomic mass is 9.86. The van der Waals surface area contributed by atoms with E-state index in [9.17, 15) is 4.79 Å². The molecule has 1 aromatic heterocycles. The van der Waals surface area contributed by atoms with Gasteiger partial charge in [-0.15, -0.1) is 0 Å². The van der Waals surface area contributed by atoms with Crippen LogP contribution in [0.15, 0.2) is 12.4 Å². The molecule has 1 aromatic rings. The summed E-state index contributed by atoms with van der Waals surface area (Å²) in [5.41, 5.74) is 6.83. The van der Waals surface area contributed by atoms with Crippen LogP contribution in [0.25, 0.3) is 0 Å². The molecule has 1 aliphatic carbocycles.